The maximum Gasteiger partial charge on any atom is 0.115 e. The maximum absolute atomic E-state index is 9.51. The summed E-state index contributed by atoms with van der Waals surface area (Å²) in [4.78, 5) is 0. The van der Waals surface area contributed by atoms with Crippen molar-refractivity contribution in [3.8, 4) is 5.75 Å². The van der Waals surface area contributed by atoms with Gasteiger partial charge in [0.25, 0.3) is 0 Å². The van der Waals surface area contributed by atoms with Gasteiger partial charge in [0.1, 0.15) is 5.75 Å². The Morgan fingerprint density at radius 3 is 2.71 bits per heavy atom. The summed E-state index contributed by atoms with van der Waals surface area (Å²) in [6, 6.07) is 7.67. The van der Waals surface area contributed by atoms with Crippen LogP contribution in [-0.4, -0.2) is 21.4 Å². The molecule has 0 bridgehead atoms. The van der Waals surface area contributed by atoms with Crippen LogP contribution in [0.4, 0.5) is 0 Å². The SMILES string of the molecule is Cc1nn(C)c(C)c1CCCNC(C)c1cccc(O)c1. The van der Waals surface area contributed by atoms with Crippen LogP contribution in [0.2, 0.25) is 0 Å². The number of nitrogens with one attached hydrogen (secondary N) is 1. The van der Waals surface area contributed by atoms with Crippen LogP contribution >= 0.6 is 0 Å². The molecular weight excluding hydrogens is 262 g/mol. The fourth-order valence-corrected chi connectivity index (χ4v) is 2.67. The van der Waals surface area contributed by atoms with Crippen LogP contribution in [0.3, 0.4) is 0 Å². The van der Waals surface area contributed by atoms with Crippen molar-refractivity contribution in [2.24, 2.45) is 7.05 Å². The van der Waals surface area contributed by atoms with E-state index in [4.69, 9.17) is 0 Å². The Hall–Kier alpha value is -1.81. The Morgan fingerprint density at radius 2 is 2.10 bits per heavy atom. The summed E-state index contributed by atoms with van der Waals surface area (Å²) in [7, 11) is 1.99. The molecule has 0 saturated carbocycles. The number of phenolic OH excluding ortho intramolecular Hbond substituents is 1. The first kappa shape index (κ1) is 15.6. The predicted octanol–water partition coefficient (Wildman–Crippen LogP) is 3.03. The molecule has 0 aliphatic rings. The van der Waals surface area contributed by atoms with Crippen molar-refractivity contribution in [2.75, 3.05) is 6.54 Å². The van der Waals surface area contributed by atoms with Gasteiger partial charge in [0.05, 0.1) is 5.69 Å². The fraction of sp³-hybridized carbons (Fsp3) is 0.471. The second kappa shape index (κ2) is 6.76. The highest BCUT2D eigenvalue weighted by molar-refractivity contribution is 5.29. The molecule has 2 rings (SSSR count). The van der Waals surface area contributed by atoms with Gasteiger partial charge >= 0.3 is 0 Å². The van der Waals surface area contributed by atoms with Gasteiger partial charge in [0.2, 0.25) is 0 Å². The van der Waals surface area contributed by atoms with Crippen molar-refractivity contribution >= 4 is 0 Å². The number of aromatic hydroxyl groups is 1. The van der Waals surface area contributed by atoms with Gasteiger partial charge in [0, 0.05) is 18.8 Å². The molecule has 0 saturated heterocycles. The van der Waals surface area contributed by atoms with Crippen LogP contribution in [0.15, 0.2) is 24.3 Å². The fourth-order valence-electron chi connectivity index (χ4n) is 2.67. The maximum atomic E-state index is 9.51. The summed E-state index contributed by atoms with van der Waals surface area (Å²) in [6.45, 7) is 7.27. The van der Waals surface area contributed by atoms with E-state index in [1.165, 1.54) is 11.3 Å². The molecular formula is C17H25N3O. The van der Waals surface area contributed by atoms with Gasteiger partial charge in [-0.1, -0.05) is 12.1 Å². The van der Waals surface area contributed by atoms with Gasteiger partial charge in [-0.15, -0.1) is 0 Å². The monoisotopic (exact) mass is 287 g/mol. The highest BCUT2D eigenvalue weighted by atomic mass is 16.3. The zero-order valence-electron chi connectivity index (χ0n) is 13.3. The Bertz CT molecular complexity index is 604. The molecule has 0 fully saturated rings. The van der Waals surface area contributed by atoms with Crippen molar-refractivity contribution in [3.63, 3.8) is 0 Å². The van der Waals surface area contributed by atoms with Gasteiger partial charge in [0.15, 0.2) is 0 Å². The Kier molecular flexibility index (Phi) is 5.02. The topological polar surface area (TPSA) is 50.1 Å². The lowest BCUT2D eigenvalue weighted by Crippen LogP contribution is -2.20. The molecule has 1 aromatic carbocycles. The molecule has 4 heteroatoms. The molecule has 1 unspecified atom stereocenters. The van der Waals surface area contributed by atoms with Gasteiger partial charge in [-0.25, -0.2) is 0 Å². The second-order valence-corrected chi connectivity index (χ2v) is 5.65. The summed E-state index contributed by atoms with van der Waals surface area (Å²) in [5.41, 5.74) is 4.87. The summed E-state index contributed by atoms with van der Waals surface area (Å²) in [5, 5.41) is 17.5. The standard InChI is InChI=1S/C17H25N3O/c1-12(15-7-5-8-16(21)11-15)18-10-6-9-17-13(2)19-20(4)14(17)3/h5,7-8,11-12,18,21H,6,9-10H2,1-4H3. The highest BCUT2D eigenvalue weighted by Crippen LogP contribution is 2.18. The summed E-state index contributed by atoms with van der Waals surface area (Å²) < 4.78 is 1.95. The number of benzene rings is 1. The van der Waals surface area contributed by atoms with E-state index in [9.17, 15) is 5.11 Å². The van der Waals surface area contributed by atoms with Gasteiger partial charge < -0.3 is 10.4 Å². The summed E-state index contributed by atoms with van der Waals surface area (Å²) in [5.74, 6) is 0.322. The number of rotatable bonds is 6. The number of hydrogen-bond acceptors (Lipinski definition) is 3. The largest absolute Gasteiger partial charge is 0.508 e. The molecule has 0 aliphatic heterocycles. The number of hydrogen-bond donors (Lipinski definition) is 2. The smallest absolute Gasteiger partial charge is 0.115 e. The van der Waals surface area contributed by atoms with E-state index >= 15 is 0 Å². The quantitative estimate of drug-likeness (QED) is 0.803. The number of aryl methyl sites for hydroxylation is 2. The van der Waals surface area contributed by atoms with Crippen LogP contribution < -0.4 is 5.32 Å². The third-order valence-corrected chi connectivity index (χ3v) is 4.08. The van der Waals surface area contributed by atoms with Crippen molar-refractivity contribution in [1.82, 2.24) is 15.1 Å². The molecule has 0 amide bonds. The average molecular weight is 287 g/mol. The first-order valence-electron chi connectivity index (χ1n) is 7.50. The zero-order valence-corrected chi connectivity index (χ0v) is 13.3. The zero-order chi connectivity index (χ0) is 15.4. The van der Waals surface area contributed by atoms with Crippen LogP contribution in [0.1, 0.15) is 41.9 Å². The predicted molar refractivity (Wildman–Crippen MR) is 85.5 cm³/mol. The molecule has 1 aromatic heterocycles. The lowest BCUT2D eigenvalue weighted by Gasteiger charge is -2.14. The van der Waals surface area contributed by atoms with Crippen LogP contribution in [0, 0.1) is 13.8 Å². The Labute approximate surface area is 126 Å². The molecule has 4 nitrogen and oxygen atoms in total. The molecule has 0 spiro atoms. The van der Waals surface area contributed by atoms with Crippen molar-refractivity contribution < 1.29 is 5.11 Å². The summed E-state index contributed by atoms with van der Waals surface area (Å²) in [6.07, 6.45) is 2.13. The second-order valence-electron chi connectivity index (χ2n) is 5.65. The van der Waals surface area contributed by atoms with E-state index in [2.05, 4.69) is 31.2 Å². The molecule has 0 aliphatic carbocycles. The average Bonchev–Trinajstić information content (AvgIpc) is 2.69. The minimum Gasteiger partial charge on any atom is -0.508 e. The van der Waals surface area contributed by atoms with Crippen LogP contribution in [-0.2, 0) is 13.5 Å². The minimum absolute atomic E-state index is 0.244. The third kappa shape index (κ3) is 3.85. The molecule has 2 N–H and O–H groups in total. The first-order valence-corrected chi connectivity index (χ1v) is 7.50. The lowest BCUT2D eigenvalue weighted by molar-refractivity contribution is 0.472. The van der Waals surface area contributed by atoms with E-state index in [1.807, 2.05) is 29.9 Å². The normalized spacial score (nSPS) is 12.6. The number of phenols is 1. The van der Waals surface area contributed by atoms with Crippen molar-refractivity contribution in [2.45, 2.75) is 39.7 Å². The van der Waals surface area contributed by atoms with Gasteiger partial charge in [-0.05, 0) is 63.4 Å². The number of aromatic nitrogens is 2. The van der Waals surface area contributed by atoms with E-state index in [-0.39, 0.29) is 6.04 Å². The molecule has 0 radical (unpaired) electrons. The number of nitrogens with zero attached hydrogens (tertiary/aromatic N) is 2. The molecule has 2 aromatic rings. The van der Waals surface area contributed by atoms with E-state index in [0.717, 1.165) is 30.6 Å². The van der Waals surface area contributed by atoms with Crippen molar-refractivity contribution in [3.05, 3.63) is 46.8 Å². The molecule has 114 valence electrons. The Balaban J connectivity index is 1.82. The van der Waals surface area contributed by atoms with E-state index in [0.29, 0.717) is 5.75 Å². The van der Waals surface area contributed by atoms with Crippen LogP contribution in [0.25, 0.3) is 0 Å². The Morgan fingerprint density at radius 1 is 1.33 bits per heavy atom. The minimum atomic E-state index is 0.244. The third-order valence-electron chi connectivity index (χ3n) is 4.08. The molecule has 1 atom stereocenters. The highest BCUT2D eigenvalue weighted by Gasteiger charge is 2.09. The van der Waals surface area contributed by atoms with E-state index in [1.54, 1.807) is 6.07 Å². The first-order chi connectivity index (χ1) is 9.99. The van der Waals surface area contributed by atoms with Gasteiger partial charge in [-0.3, -0.25) is 4.68 Å². The van der Waals surface area contributed by atoms with E-state index < -0.39 is 0 Å². The molecule has 1 heterocycles. The molecule has 21 heavy (non-hydrogen) atoms. The lowest BCUT2D eigenvalue weighted by atomic mass is 10.1. The van der Waals surface area contributed by atoms with Gasteiger partial charge in [-0.2, -0.15) is 5.10 Å². The summed E-state index contributed by atoms with van der Waals surface area (Å²) >= 11 is 0. The van der Waals surface area contributed by atoms with Crippen LogP contribution in [0.5, 0.6) is 5.75 Å². The van der Waals surface area contributed by atoms with Crippen molar-refractivity contribution in [1.29, 1.82) is 0 Å².